The Kier molecular flexibility index (Phi) is 11.3. The van der Waals surface area contributed by atoms with E-state index in [1.165, 1.54) is 38.5 Å². The number of nitrogens with one attached hydrogen (secondary N) is 3. The van der Waals surface area contributed by atoms with Gasteiger partial charge >= 0.3 is 0 Å². The van der Waals surface area contributed by atoms with Gasteiger partial charge in [-0.1, -0.05) is 40.0 Å². The molecule has 0 aromatic carbocycles. The van der Waals surface area contributed by atoms with Crippen LogP contribution in [0.25, 0.3) is 0 Å². The monoisotopic (exact) mass is 259 g/mol. The fourth-order valence-corrected chi connectivity index (χ4v) is 4.14. The summed E-state index contributed by atoms with van der Waals surface area (Å²) in [6.07, 6.45) is 7.61. The van der Waals surface area contributed by atoms with Crippen LogP contribution in [0, 0.1) is 0 Å². The highest BCUT2D eigenvalue weighted by atomic mass is 28.4. The minimum Gasteiger partial charge on any atom is -0.313 e. The van der Waals surface area contributed by atoms with Crippen molar-refractivity contribution in [2.24, 2.45) is 0 Å². The van der Waals surface area contributed by atoms with Crippen molar-refractivity contribution in [3.05, 3.63) is 0 Å². The van der Waals surface area contributed by atoms with Gasteiger partial charge in [0.1, 0.15) is 0 Å². The van der Waals surface area contributed by atoms with E-state index in [0.29, 0.717) is 0 Å². The van der Waals surface area contributed by atoms with Crippen LogP contribution < -0.4 is 14.9 Å². The predicted molar refractivity (Wildman–Crippen MR) is 80.4 cm³/mol. The Hall–Kier alpha value is 0.0969. The van der Waals surface area contributed by atoms with Crippen molar-refractivity contribution in [2.45, 2.75) is 65.8 Å². The van der Waals surface area contributed by atoms with E-state index >= 15 is 0 Å². The molecule has 0 heterocycles. The number of hydrogen-bond acceptors (Lipinski definition) is 3. The molecule has 0 aliphatic heterocycles. The molecule has 104 valence electrons. The zero-order valence-electron chi connectivity index (χ0n) is 12.4. The summed E-state index contributed by atoms with van der Waals surface area (Å²) >= 11 is 0. The second-order valence-corrected chi connectivity index (χ2v) is 8.28. The lowest BCUT2D eigenvalue weighted by molar-refractivity contribution is 0.661. The average Bonchev–Trinajstić information content (AvgIpc) is 2.30. The maximum absolute atomic E-state index is 3.73. The van der Waals surface area contributed by atoms with Crippen LogP contribution in [-0.2, 0) is 0 Å². The largest absolute Gasteiger partial charge is 0.313 e. The van der Waals surface area contributed by atoms with E-state index in [1.807, 2.05) is 0 Å². The zero-order valence-corrected chi connectivity index (χ0v) is 13.4. The first-order valence-corrected chi connectivity index (χ1v) is 9.93. The van der Waals surface area contributed by atoms with Gasteiger partial charge < -0.3 is 14.9 Å². The van der Waals surface area contributed by atoms with Crippen molar-refractivity contribution in [1.29, 1.82) is 0 Å². The molecule has 0 aromatic heterocycles. The van der Waals surface area contributed by atoms with Gasteiger partial charge in [0, 0.05) is 0 Å². The molecule has 0 atom stereocenters. The van der Waals surface area contributed by atoms with Crippen LogP contribution in [-0.4, -0.2) is 28.2 Å². The maximum atomic E-state index is 3.73. The predicted octanol–water partition coefficient (Wildman–Crippen LogP) is 2.72. The first kappa shape index (κ1) is 17.1. The smallest absolute Gasteiger partial charge is 0.278 e. The Morgan fingerprint density at radius 1 is 0.647 bits per heavy atom. The van der Waals surface area contributed by atoms with Crippen LogP contribution in [0.3, 0.4) is 0 Å². The average molecular weight is 260 g/mol. The third-order valence-electron chi connectivity index (χ3n) is 3.03. The molecule has 3 N–H and O–H groups in total. The lowest BCUT2D eigenvalue weighted by atomic mass is 10.3. The summed E-state index contributed by atoms with van der Waals surface area (Å²) in [5.41, 5.74) is 0. The first-order chi connectivity index (χ1) is 8.18. The van der Waals surface area contributed by atoms with E-state index in [9.17, 15) is 0 Å². The molecule has 4 heteroatoms. The Morgan fingerprint density at radius 3 is 1.18 bits per heavy atom. The molecule has 0 aliphatic rings. The third kappa shape index (κ3) is 9.77. The molecular formula is C13H33N3Si. The highest BCUT2D eigenvalue weighted by Gasteiger charge is 2.25. The molecule has 0 aromatic rings. The van der Waals surface area contributed by atoms with E-state index in [0.717, 1.165) is 19.6 Å². The Labute approximate surface area is 109 Å². The molecule has 0 aliphatic carbocycles. The molecule has 0 amide bonds. The molecule has 17 heavy (non-hydrogen) atoms. The maximum Gasteiger partial charge on any atom is 0.278 e. The van der Waals surface area contributed by atoms with Crippen molar-refractivity contribution >= 4 is 8.56 Å². The number of hydrogen-bond donors (Lipinski definition) is 3. The van der Waals surface area contributed by atoms with Crippen molar-refractivity contribution in [3.8, 4) is 0 Å². The normalized spacial score (nSPS) is 12.0. The molecule has 0 spiro atoms. The first-order valence-electron chi connectivity index (χ1n) is 7.43. The minimum absolute atomic E-state index is 1.14. The molecule has 0 fully saturated rings. The SMILES string of the molecule is CCCCN[Si](C)(NCCCC)NCCCC. The van der Waals surface area contributed by atoms with E-state index < -0.39 is 8.56 Å². The minimum atomic E-state index is -1.61. The molecule has 3 nitrogen and oxygen atoms in total. The van der Waals surface area contributed by atoms with Crippen LogP contribution in [0.15, 0.2) is 0 Å². The van der Waals surface area contributed by atoms with Gasteiger partial charge in [0.25, 0.3) is 8.56 Å². The summed E-state index contributed by atoms with van der Waals surface area (Å²) in [6, 6.07) is 0. The quantitative estimate of drug-likeness (QED) is 0.372. The van der Waals surface area contributed by atoms with Crippen LogP contribution in [0.2, 0.25) is 6.55 Å². The summed E-state index contributed by atoms with van der Waals surface area (Å²) < 4.78 is 0. The molecule has 0 unspecified atom stereocenters. The van der Waals surface area contributed by atoms with Crippen molar-refractivity contribution in [3.63, 3.8) is 0 Å². The molecule has 0 rings (SSSR count). The van der Waals surface area contributed by atoms with Crippen LogP contribution >= 0.6 is 0 Å². The second kappa shape index (κ2) is 11.2. The van der Waals surface area contributed by atoms with Crippen molar-refractivity contribution < 1.29 is 0 Å². The Bertz CT molecular complexity index is 138. The lowest BCUT2D eigenvalue weighted by Gasteiger charge is -2.30. The zero-order chi connectivity index (χ0) is 13.0. The number of unbranched alkanes of at least 4 members (excludes halogenated alkanes) is 3. The summed E-state index contributed by atoms with van der Waals surface area (Å²) in [5.74, 6) is 0. The third-order valence-corrected chi connectivity index (χ3v) is 5.90. The highest BCUT2D eigenvalue weighted by Crippen LogP contribution is 1.94. The summed E-state index contributed by atoms with van der Waals surface area (Å²) in [5, 5.41) is 0. The van der Waals surface area contributed by atoms with Gasteiger partial charge in [-0.2, -0.15) is 0 Å². The van der Waals surface area contributed by atoms with E-state index in [1.54, 1.807) is 0 Å². The van der Waals surface area contributed by atoms with Crippen molar-refractivity contribution in [1.82, 2.24) is 14.9 Å². The Balaban J connectivity index is 3.95. The highest BCUT2D eigenvalue weighted by molar-refractivity contribution is 6.71. The van der Waals surface area contributed by atoms with Gasteiger partial charge in [-0.25, -0.2) is 0 Å². The van der Waals surface area contributed by atoms with Crippen LogP contribution in [0.5, 0.6) is 0 Å². The van der Waals surface area contributed by atoms with Crippen LogP contribution in [0.4, 0.5) is 0 Å². The molecular weight excluding hydrogens is 226 g/mol. The second-order valence-electron chi connectivity index (χ2n) is 4.97. The van der Waals surface area contributed by atoms with Gasteiger partial charge in [-0.05, 0) is 45.4 Å². The molecule has 0 radical (unpaired) electrons. The fourth-order valence-electron chi connectivity index (χ4n) is 1.73. The van der Waals surface area contributed by atoms with Crippen molar-refractivity contribution in [2.75, 3.05) is 19.6 Å². The lowest BCUT2D eigenvalue weighted by Crippen LogP contribution is -2.70. The van der Waals surface area contributed by atoms with Gasteiger partial charge in [0.15, 0.2) is 0 Å². The van der Waals surface area contributed by atoms with Gasteiger partial charge in [0.2, 0.25) is 0 Å². The summed E-state index contributed by atoms with van der Waals surface area (Å²) in [7, 11) is -1.61. The van der Waals surface area contributed by atoms with Gasteiger partial charge in [0.05, 0.1) is 0 Å². The summed E-state index contributed by atoms with van der Waals surface area (Å²) in [6.45, 7) is 12.5. The Morgan fingerprint density at radius 2 is 0.941 bits per heavy atom. The van der Waals surface area contributed by atoms with E-state index in [4.69, 9.17) is 0 Å². The topological polar surface area (TPSA) is 36.1 Å². The van der Waals surface area contributed by atoms with E-state index in [2.05, 4.69) is 42.3 Å². The van der Waals surface area contributed by atoms with E-state index in [-0.39, 0.29) is 0 Å². The van der Waals surface area contributed by atoms with Crippen LogP contribution in [0.1, 0.15) is 59.3 Å². The number of rotatable bonds is 12. The van der Waals surface area contributed by atoms with Gasteiger partial charge in [-0.15, -0.1) is 0 Å². The molecule has 0 saturated heterocycles. The summed E-state index contributed by atoms with van der Waals surface area (Å²) in [4.78, 5) is 11.2. The fraction of sp³-hybridized carbons (Fsp3) is 1.00. The molecule has 0 saturated carbocycles. The standard InChI is InChI=1S/C13H33N3Si/c1-5-8-11-14-17(4,15-12-9-6-2)16-13-10-7-3/h14-16H,5-13H2,1-4H3. The van der Waals surface area contributed by atoms with Gasteiger partial charge in [-0.3, -0.25) is 0 Å². The molecule has 0 bridgehead atoms.